The highest BCUT2D eigenvalue weighted by atomic mass is 32.2. The molecule has 0 spiro atoms. The zero-order valence-electron chi connectivity index (χ0n) is 9.55. The molecule has 4 heteroatoms. The lowest BCUT2D eigenvalue weighted by Crippen LogP contribution is -2.39. The predicted octanol–water partition coefficient (Wildman–Crippen LogP) is 2.65. The highest BCUT2D eigenvalue weighted by Crippen LogP contribution is 2.29. The van der Waals surface area contributed by atoms with Gasteiger partial charge in [-0.1, -0.05) is 13.8 Å². The van der Waals surface area contributed by atoms with Gasteiger partial charge in [0.1, 0.15) is 0 Å². The fourth-order valence-corrected chi connectivity index (χ4v) is 2.07. The van der Waals surface area contributed by atoms with Crippen molar-refractivity contribution in [1.29, 1.82) is 0 Å². The SMILES string of the molecule is CCOC(=O)NCC(CC)(CC)SC. The lowest BCUT2D eigenvalue weighted by molar-refractivity contribution is 0.151. The van der Waals surface area contributed by atoms with E-state index >= 15 is 0 Å². The van der Waals surface area contributed by atoms with Crippen LogP contribution in [0.1, 0.15) is 33.6 Å². The van der Waals surface area contributed by atoms with Crippen LogP contribution in [0.3, 0.4) is 0 Å². The molecule has 0 radical (unpaired) electrons. The first-order valence-electron chi connectivity index (χ1n) is 5.09. The predicted molar refractivity (Wildman–Crippen MR) is 61.9 cm³/mol. The molecule has 0 saturated heterocycles. The van der Waals surface area contributed by atoms with E-state index in [2.05, 4.69) is 25.4 Å². The van der Waals surface area contributed by atoms with Gasteiger partial charge in [0, 0.05) is 11.3 Å². The van der Waals surface area contributed by atoms with Crippen molar-refractivity contribution in [2.45, 2.75) is 38.4 Å². The van der Waals surface area contributed by atoms with Gasteiger partial charge in [-0.15, -0.1) is 0 Å². The van der Waals surface area contributed by atoms with Gasteiger partial charge in [0.25, 0.3) is 0 Å². The largest absolute Gasteiger partial charge is 0.450 e. The summed E-state index contributed by atoms with van der Waals surface area (Å²) in [6, 6.07) is 0. The Kier molecular flexibility index (Phi) is 6.79. The van der Waals surface area contributed by atoms with Gasteiger partial charge in [-0.25, -0.2) is 4.79 Å². The molecule has 0 aliphatic carbocycles. The summed E-state index contributed by atoms with van der Waals surface area (Å²) in [7, 11) is 0. The van der Waals surface area contributed by atoms with E-state index in [0.717, 1.165) is 12.8 Å². The number of ether oxygens (including phenoxy) is 1. The summed E-state index contributed by atoms with van der Waals surface area (Å²) in [4.78, 5) is 11.1. The van der Waals surface area contributed by atoms with Gasteiger partial charge in [0.15, 0.2) is 0 Å². The molecule has 0 bridgehead atoms. The third-order valence-electron chi connectivity index (χ3n) is 2.55. The van der Waals surface area contributed by atoms with Crippen LogP contribution >= 0.6 is 11.8 Å². The van der Waals surface area contributed by atoms with E-state index in [1.807, 2.05) is 11.8 Å². The highest BCUT2D eigenvalue weighted by molar-refractivity contribution is 8.00. The summed E-state index contributed by atoms with van der Waals surface area (Å²) in [5.74, 6) is 0. The lowest BCUT2D eigenvalue weighted by Gasteiger charge is -2.29. The average molecular weight is 219 g/mol. The van der Waals surface area contributed by atoms with Crippen molar-refractivity contribution < 1.29 is 9.53 Å². The van der Waals surface area contributed by atoms with Crippen LogP contribution in [0.2, 0.25) is 0 Å². The van der Waals surface area contributed by atoms with Gasteiger partial charge in [0.2, 0.25) is 0 Å². The number of carbonyl (C=O) groups excluding carboxylic acids is 1. The molecule has 0 saturated carbocycles. The Morgan fingerprint density at radius 1 is 1.36 bits per heavy atom. The molecule has 0 aromatic carbocycles. The topological polar surface area (TPSA) is 38.3 Å². The lowest BCUT2D eigenvalue weighted by atomic mass is 10.0. The number of amides is 1. The van der Waals surface area contributed by atoms with E-state index in [1.54, 1.807) is 6.92 Å². The molecular formula is C10H21NO2S. The molecule has 0 atom stereocenters. The van der Waals surface area contributed by atoms with Crippen LogP contribution in [0.5, 0.6) is 0 Å². The first kappa shape index (κ1) is 13.6. The molecule has 0 fully saturated rings. The van der Waals surface area contributed by atoms with Crippen LogP contribution < -0.4 is 5.32 Å². The molecule has 0 rings (SSSR count). The minimum atomic E-state index is -0.312. The Morgan fingerprint density at radius 3 is 2.29 bits per heavy atom. The maximum atomic E-state index is 11.1. The van der Waals surface area contributed by atoms with Gasteiger partial charge >= 0.3 is 6.09 Å². The van der Waals surface area contributed by atoms with Gasteiger partial charge in [-0.2, -0.15) is 11.8 Å². The standard InChI is InChI=1S/C10H21NO2S/c1-5-10(6-2,14-4)8-11-9(12)13-7-3/h5-8H2,1-4H3,(H,11,12). The molecule has 3 nitrogen and oxygen atoms in total. The molecule has 84 valence electrons. The summed E-state index contributed by atoms with van der Waals surface area (Å²) < 4.78 is 4.97. The monoisotopic (exact) mass is 219 g/mol. The van der Waals surface area contributed by atoms with Crippen molar-refractivity contribution in [1.82, 2.24) is 5.32 Å². The molecule has 0 aliphatic rings. The molecule has 0 aromatic heterocycles. The van der Waals surface area contributed by atoms with Gasteiger partial charge in [-0.3, -0.25) is 0 Å². The normalized spacial score (nSPS) is 11.1. The first-order valence-corrected chi connectivity index (χ1v) is 6.32. The maximum Gasteiger partial charge on any atom is 0.407 e. The van der Waals surface area contributed by atoms with E-state index in [-0.39, 0.29) is 10.8 Å². The van der Waals surface area contributed by atoms with Gasteiger partial charge < -0.3 is 10.1 Å². The minimum Gasteiger partial charge on any atom is -0.450 e. The van der Waals surface area contributed by atoms with Crippen LogP contribution in [-0.2, 0) is 4.74 Å². The summed E-state index contributed by atoms with van der Waals surface area (Å²) in [5.41, 5.74) is 0. The van der Waals surface area contributed by atoms with E-state index in [4.69, 9.17) is 4.74 Å². The van der Waals surface area contributed by atoms with E-state index in [0.29, 0.717) is 13.2 Å². The molecule has 0 aromatic rings. The second kappa shape index (κ2) is 6.98. The van der Waals surface area contributed by atoms with Crippen LogP contribution in [0.15, 0.2) is 0 Å². The fraction of sp³-hybridized carbons (Fsp3) is 0.900. The smallest absolute Gasteiger partial charge is 0.407 e. The van der Waals surface area contributed by atoms with E-state index in [9.17, 15) is 4.79 Å². The van der Waals surface area contributed by atoms with Crippen molar-refractivity contribution in [3.8, 4) is 0 Å². The van der Waals surface area contributed by atoms with Crippen LogP contribution in [0.25, 0.3) is 0 Å². The second-order valence-corrected chi connectivity index (χ2v) is 4.44. The van der Waals surface area contributed by atoms with Crippen LogP contribution in [-0.4, -0.2) is 30.2 Å². The Labute approximate surface area is 91.0 Å². The number of nitrogens with one attached hydrogen (secondary N) is 1. The summed E-state index contributed by atoms with van der Waals surface area (Å²) in [6.07, 6.45) is 3.88. The fourth-order valence-electron chi connectivity index (χ4n) is 1.28. The summed E-state index contributed by atoms with van der Waals surface area (Å²) >= 11 is 1.81. The van der Waals surface area contributed by atoms with Crippen molar-refractivity contribution in [2.75, 3.05) is 19.4 Å². The van der Waals surface area contributed by atoms with Crippen molar-refractivity contribution >= 4 is 17.9 Å². The zero-order valence-corrected chi connectivity index (χ0v) is 10.4. The van der Waals surface area contributed by atoms with Crippen LogP contribution in [0, 0.1) is 0 Å². The van der Waals surface area contributed by atoms with Crippen molar-refractivity contribution in [3.05, 3.63) is 0 Å². The minimum absolute atomic E-state index is 0.159. The van der Waals surface area contributed by atoms with Gasteiger partial charge in [-0.05, 0) is 26.0 Å². The molecule has 14 heavy (non-hydrogen) atoms. The van der Waals surface area contributed by atoms with E-state index in [1.165, 1.54) is 0 Å². The molecule has 0 unspecified atom stereocenters. The van der Waals surface area contributed by atoms with Gasteiger partial charge in [0.05, 0.1) is 6.61 Å². The Bertz CT molecular complexity index is 161. The highest BCUT2D eigenvalue weighted by Gasteiger charge is 2.25. The van der Waals surface area contributed by atoms with Crippen molar-refractivity contribution in [3.63, 3.8) is 0 Å². The molecule has 1 amide bonds. The van der Waals surface area contributed by atoms with Crippen molar-refractivity contribution in [2.24, 2.45) is 0 Å². The number of thioether (sulfide) groups is 1. The first-order chi connectivity index (χ1) is 6.64. The van der Waals surface area contributed by atoms with Crippen LogP contribution in [0.4, 0.5) is 4.79 Å². The number of carbonyl (C=O) groups is 1. The Hall–Kier alpha value is -0.380. The number of hydrogen-bond donors (Lipinski definition) is 1. The maximum absolute atomic E-state index is 11.1. The summed E-state index contributed by atoms with van der Waals surface area (Å²) in [6.45, 7) is 7.21. The third-order valence-corrected chi connectivity index (χ3v) is 4.14. The Balaban J connectivity index is 3.99. The van der Waals surface area contributed by atoms with E-state index < -0.39 is 0 Å². The number of rotatable bonds is 6. The number of hydrogen-bond acceptors (Lipinski definition) is 3. The quantitative estimate of drug-likeness (QED) is 0.746. The number of alkyl carbamates (subject to hydrolysis) is 1. The second-order valence-electron chi connectivity index (χ2n) is 3.17. The Morgan fingerprint density at radius 2 is 1.93 bits per heavy atom. The average Bonchev–Trinajstić information content (AvgIpc) is 2.21. The molecule has 1 N–H and O–H groups in total. The summed E-state index contributed by atoms with van der Waals surface area (Å²) in [5, 5.41) is 2.80. The molecule has 0 aliphatic heterocycles. The third kappa shape index (κ3) is 4.22. The molecular weight excluding hydrogens is 198 g/mol. The molecule has 0 heterocycles. The zero-order chi connectivity index (χ0) is 11.0.